The van der Waals surface area contributed by atoms with Crippen LogP contribution in [0.1, 0.15) is 12.8 Å². The Labute approximate surface area is 77.5 Å². The van der Waals surface area contributed by atoms with Crippen molar-refractivity contribution in [3.63, 3.8) is 0 Å². The minimum absolute atomic E-state index is 0.190. The number of nitrogens with zero attached hydrogens (tertiary/aromatic N) is 1. The van der Waals surface area contributed by atoms with E-state index in [1.54, 1.807) is 7.11 Å². The minimum Gasteiger partial charge on any atom is -0.481 e. The number of fused-ring (bicyclic) bond motifs is 3. The van der Waals surface area contributed by atoms with Gasteiger partial charge >= 0.3 is 5.97 Å². The zero-order valence-electron chi connectivity index (χ0n) is 7.77. The van der Waals surface area contributed by atoms with Gasteiger partial charge in [-0.05, 0) is 18.8 Å². The maximum atomic E-state index is 11.0. The first-order valence-corrected chi connectivity index (χ1v) is 4.73. The maximum absolute atomic E-state index is 11.0. The molecule has 0 amide bonds. The van der Waals surface area contributed by atoms with Crippen molar-refractivity contribution < 1.29 is 14.6 Å². The monoisotopic (exact) mass is 185 g/mol. The third kappa shape index (κ3) is 1.34. The molecular formula is C9H15NO3. The van der Waals surface area contributed by atoms with Crippen LogP contribution in [0.4, 0.5) is 0 Å². The normalized spacial score (nSPS) is 43.5. The highest BCUT2D eigenvalue weighted by molar-refractivity contribution is 5.71. The topological polar surface area (TPSA) is 49.8 Å². The van der Waals surface area contributed by atoms with E-state index in [1.807, 2.05) is 0 Å². The van der Waals surface area contributed by atoms with Gasteiger partial charge in [0.05, 0.1) is 5.92 Å². The van der Waals surface area contributed by atoms with Crippen LogP contribution in [-0.4, -0.2) is 42.4 Å². The van der Waals surface area contributed by atoms with Crippen LogP contribution in [0.25, 0.3) is 0 Å². The van der Waals surface area contributed by atoms with E-state index < -0.39 is 5.97 Å². The number of hydrogen-bond donors (Lipinski definition) is 1. The molecule has 13 heavy (non-hydrogen) atoms. The van der Waals surface area contributed by atoms with Gasteiger partial charge in [0, 0.05) is 20.2 Å². The Balaban J connectivity index is 2.18. The van der Waals surface area contributed by atoms with E-state index in [0.29, 0.717) is 5.92 Å². The highest BCUT2D eigenvalue weighted by atomic mass is 16.5. The summed E-state index contributed by atoms with van der Waals surface area (Å²) in [6, 6.07) is 0. The van der Waals surface area contributed by atoms with Crippen LogP contribution in [0.2, 0.25) is 0 Å². The lowest BCUT2D eigenvalue weighted by Crippen LogP contribution is -2.57. The zero-order valence-corrected chi connectivity index (χ0v) is 7.77. The summed E-state index contributed by atoms with van der Waals surface area (Å²) in [5.74, 6) is -0.693. The minimum atomic E-state index is -0.707. The Morgan fingerprint density at radius 2 is 2.08 bits per heavy atom. The molecule has 0 aromatic heterocycles. The van der Waals surface area contributed by atoms with Crippen molar-refractivity contribution in [1.29, 1.82) is 0 Å². The molecule has 0 aromatic rings. The quantitative estimate of drug-likeness (QED) is 0.676. The molecule has 3 aliphatic rings. The van der Waals surface area contributed by atoms with Gasteiger partial charge in [0.1, 0.15) is 6.23 Å². The van der Waals surface area contributed by atoms with Crippen LogP contribution in [-0.2, 0) is 9.53 Å². The van der Waals surface area contributed by atoms with Crippen molar-refractivity contribution in [3.8, 4) is 0 Å². The Bertz CT molecular complexity index is 211. The van der Waals surface area contributed by atoms with Crippen molar-refractivity contribution in [2.24, 2.45) is 11.8 Å². The molecule has 0 aliphatic carbocycles. The summed E-state index contributed by atoms with van der Waals surface area (Å²) in [5, 5.41) is 9.06. The van der Waals surface area contributed by atoms with Gasteiger partial charge in [-0.1, -0.05) is 0 Å². The first kappa shape index (κ1) is 8.97. The average molecular weight is 185 g/mol. The van der Waals surface area contributed by atoms with E-state index in [-0.39, 0.29) is 12.1 Å². The average Bonchev–Trinajstić information content (AvgIpc) is 2.17. The number of ether oxygens (including phenoxy) is 1. The molecule has 0 saturated carbocycles. The molecule has 3 aliphatic heterocycles. The lowest BCUT2D eigenvalue weighted by molar-refractivity contribution is -0.179. The third-order valence-corrected chi connectivity index (χ3v) is 3.28. The smallest absolute Gasteiger partial charge is 0.310 e. The van der Waals surface area contributed by atoms with Crippen molar-refractivity contribution >= 4 is 5.97 Å². The van der Waals surface area contributed by atoms with Gasteiger partial charge in [0.2, 0.25) is 0 Å². The van der Waals surface area contributed by atoms with Crippen LogP contribution in [0.5, 0.6) is 0 Å². The molecule has 0 aromatic carbocycles. The van der Waals surface area contributed by atoms with Crippen molar-refractivity contribution in [2.75, 3.05) is 20.2 Å². The predicted octanol–water partition coefficient (Wildman–Crippen LogP) is 0.385. The second kappa shape index (κ2) is 3.27. The third-order valence-electron chi connectivity index (χ3n) is 3.28. The molecule has 4 nitrogen and oxygen atoms in total. The molecule has 1 N–H and O–H groups in total. The Hall–Kier alpha value is -0.610. The Morgan fingerprint density at radius 1 is 1.46 bits per heavy atom. The largest absolute Gasteiger partial charge is 0.481 e. The summed E-state index contributed by atoms with van der Waals surface area (Å²) < 4.78 is 5.24. The number of carboxylic acid groups (broad SMARTS) is 1. The Kier molecular flexibility index (Phi) is 2.26. The molecule has 0 radical (unpaired) electrons. The van der Waals surface area contributed by atoms with Crippen molar-refractivity contribution in [1.82, 2.24) is 4.90 Å². The fourth-order valence-corrected chi connectivity index (χ4v) is 2.61. The summed E-state index contributed by atoms with van der Waals surface area (Å²) >= 11 is 0. The summed E-state index contributed by atoms with van der Waals surface area (Å²) in [6.07, 6.45) is 1.83. The molecular weight excluding hydrogens is 170 g/mol. The van der Waals surface area contributed by atoms with Gasteiger partial charge in [-0.25, -0.2) is 0 Å². The summed E-state index contributed by atoms with van der Waals surface area (Å²) in [4.78, 5) is 13.1. The molecule has 74 valence electrons. The van der Waals surface area contributed by atoms with Gasteiger partial charge in [-0.2, -0.15) is 0 Å². The number of carbonyl (C=O) groups is 1. The van der Waals surface area contributed by atoms with E-state index in [1.165, 1.54) is 0 Å². The van der Waals surface area contributed by atoms with Crippen LogP contribution in [0, 0.1) is 11.8 Å². The van der Waals surface area contributed by atoms with Crippen LogP contribution < -0.4 is 0 Å². The van der Waals surface area contributed by atoms with E-state index in [4.69, 9.17) is 9.84 Å². The highest BCUT2D eigenvalue weighted by Crippen LogP contribution is 2.37. The van der Waals surface area contributed by atoms with Crippen molar-refractivity contribution in [3.05, 3.63) is 0 Å². The maximum Gasteiger partial charge on any atom is 0.310 e. The van der Waals surface area contributed by atoms with Gasteiger partial charge < -0.3 is 9.84 Å². The standard InChI is InChI=1S/C9H15NO3/c1-13-8-7(9(11)12)6-2-4-10(8)5-3-6/h6-8H,2-5H2,1H3,(H,11,12). The van der Waals surface area contributed by atoms with Gasteiger partial charge in [-0.15, -0.1) is 0 Å². The van der Waals surface area contributed by atoms with Crippen LogP contribution in [0.15, 0.2) is 0 Å². The second-order valence-corrected chi connectivity index (χ2v) is 3.86. The molecule has 3 saturated heterocycles. The number of hydrogen-bond acceptors (Lipinski definition) is 3. The summed E-state index contributed by atoms with van der Waals surface area (Å²) in [6.45, 7) is 1.99. The first-order chi connectivity index (χ1) is 6.24. The lowest BCUT2D eigenvalue weighted by atomic mass is 9.78. The second-order valence-electron chi connectivity index (χ2n) is 3.86. The van der Waals surface area contributed by atoms with Gasteiger partial charge in [0.25, 0.3) is 0 Å². The summed E-state index contributed by atoms with van der Waals surface area (Å²) in [7, 11) is 1.60. The van der Waals surface area contributed by atoms with Crippen molar-refractivity contribution in [2.45, 2.75) is 19.1 Å². The molecule has 2 bridgehead atoms. The molecule has 2 unspecified atom stereocenters. The van der Waals surface area contributed by atoms with Crippen LogP contribution >= 0.6 is 0 Å². The zero-order chi connectivity index (χ0) is 9.42. The van der Waals surface area contributed by atoms with E-state index >= 15 is 0 Å². The molecule has 4 heteroatoms. The van der Waals surface area contributed by atoms with Gasteiger partial charge in [-0.3, -0.25) is 9.69 Å². The highest BCUT2D eigenvalue weighted by Gasteiger charge is 2.46. The number of carboxylic acids is 1. The number of methoxy groups -OCH3 is 1. The van der Waals surface area contributed by atoms with E-state index in [0.717, 1.165) is 25.9 Å². The fourth-order valence-electron chi connectivity index (χ4n) is 2.61. The SMILES string of the molecule is COC1C(C(=O)O)C2CCN1CC2. The fraction of sp³-hybridized carbons (Fsp3) is 0.889. The Morgan fingerprint density at radius 3 is 2.46 bits per heavy atom. The molecule has 2 atom stereocenters. The molecule has 3 rings (SSSR count). The van der Waals surface area contributed by atoms with E-state index in [9.17, 15) is 4.79 Å². The lowest BCUT2D eigenvalue weighted by Gasteiger charge is -2.48. The van der Waals surface area contributed by atoms with E-state index in [2.05, 4.69) is 4.90 Å². The summed E-state index contributed by atoms with van der Waals surface area (Å²) in [5.41, 5.74) is 0. The predicted molar refractivity (Wildman–Crippen MR) is 46.2 cm³/mol. The molecule has 3 heterocycles. The first-order valence-electron chi connectivity index (χ1n) is 4.73. The number of piperidine rings is 3. The van der Waals surface area contributed by atoms with Crippen LogP contribution in [0.3, 0.4) is 0 Å². The number of aliphatic carboxylic acids is 1. The number of rotatable bonds is 2. The van der Waals surface area contributed by atoms with Gasteiger partial charge in [0.15, 0.2) is 0 Å². The molecule has 0 spiro atoms. The molecule has 3 fully saturated rings.